The molecule has 4 heterocycles. The summed E-state index contributed by atoms with van der Waals surface area (Å²) in [6.45, 7) is 0.715. The van der Waals surface area contributed by atoms with Crippen LogP contribution in [0, 0.1) is 11.3 Å². The van der Waals surface area contributed by atoms with E-state index in [0.717, 1.165) is 54.8 Å². The number of imidazole rings is 1. The number of benzene rings is 1. The molecule has 2 aliphatic rings. The Morgan fingerprint density at radius 1 is 1.03 bits per heavy atom. The molecule has 0 bridgehead atoms. The summed E-state index contributed by atoms with van der Waals surface area (Å²) < 4.78 is 62.6. The molecule has 0 spiro atoms. The molecule has 370 valence electrons. The highest BCUT2D eigenvalue weighted by molar-refractivity contribution is 8.00. The second-order valence-electron chi connectivity index (χ2n) is 16.7. The van der Waals surface area contributed by atoms with Gasteiger partial charge in [-0.15, -0.1) is 0 Å². The molecule has 1 saturated carbocycles. The standard InChI is InChI=1S/C38H55N8O17P3S/c1-38(2,19-60-66(57,58)63-65(55,56)59-18-27-32(62-64(52,53)54)31(49)37(61-27)46-21-45-30-34(39)43-20-44-35(30)46)33(50)36(51)41-14-13-29(48)40-15-16-67-28-12-6-9-24(28)26(47)11-5-7-22-17-42-25-10-4-3-8-23(22)25/h3-4,8,10,17,20-21,24,27-28,31-33,37,42,49-50H,5-7,9,11-16,18-19H2,1-2H3,(H,40,48)(H,41,51)(H,55,56)(H,57,58)(H2,39,43,44)(H2,52,53,54)/t24?,27-,28?,31-,32-,33+,37-/m1/s1. The van der Waals surface area contributed by atoms with Crippen LogP contribution in [0.3, 0.4) is 0 Å². The summed E-state index contributed by atoms with van der Waals surface area (Å²) in [5.41, 5.74) is 6.57. The van der Waals surface area contributed by atoms with E-state index in [1.54, 1.807) is 11.8 Å². The van der Waals surface area contributed by atoms with Gasteiger partial charge in [-0.25, -0.2) is 28.6 Å². The van der Waals surface area contributed by atoms with Crippen LogP contribution >= 0.6 is 35.2 Å². The van der Waals surface area contributed by atoms with E-state index in [-0.39, 0.29) is 52.8 Å². The number of aliphatic hydroxyl groups excluding tert-OH is 2. The van der Waals surface area contributed by atoms with Gasteiger partial charge in [-0.05, 0) is 37.3 Å². The number of Topliss-reactive ketones (excluding diaryl/α,β-unsaturated/α-hetero) is 1. The number of nitrogens with two attached hydrogens (primary N) is 1. The number of carbonyl (C=O) groups is 3. The number of ether oxygens (including phenoxy) is 1. The van der Waals surface area contributed by atoms with E-state index in [4.69, 9.17) is 19.5 Å². The number of H-pyrrole nitrogens is 1. The number of aliphatic hydroxyl groups is 2. The molecule has 25 nitrogen and oxygen atoms in total. The zero-order valence-electron chi connectivity index (χ0n) is 36.4. The van der Waals surface area contributed by atoms with E-state index in [1.807, 2.05) is 24.4 Å². The van der Waals surface area contributed by atoms with Gasteiger partial charge in [0.2, 0.25) is 11.8 Å². The number of nitrogens with one attached hydrogen (secondary N) is 3. The Kier molecular flexibility index (Phi) is 17.6. The molecule has 1 aliphatic heterocycles. The molecule has 4 unspecified atom stereocenters. The van der Waals surface area contributed by atoms with Crippen LogP contribution in [0.5, 0.6) is 0 Å². The molecule has 3 aromatic heterocycles. The van der Waals surface area contributed by atoms with Crippen LogP contribution in [0.1, 0.15) is 64.2 Å². The summed E-state index contributed by atoms with van der Waals surface area (Å²) >= 11 is 1.66. The number of rotatable bonds is 25. The number of hydrogen-bond acceptors (Lipinski definition) is 18. The van der Waals surface area contributed by atoms with Gasteiger partial charge >= 0.3 is 23.5 Å². The van der Waals surface area contributed by atoms with Crippen LogP contribution in [-0.2, 0) is 57.1 Å². The van der Waals surface area contributed by atoms with Crippen molar-refractivity contribution in [1.29, 1.82) is 0 Å². The minimum Gasteiger partial charge on any atom is -0.386 e. The molecule has 1 aromatic carbocycles. The lowest BCUT2D eigenvalue weighted by molar-refractivity contribution is -0.137. The maximum atomic E-state index is 13.1. The Labute approximate surface area is 387 Å². The molecule has 2 amide bonds. The molecule has 2 fully saturated rings. The van der Waals surface area contributed by atoms with Crippen molar-refractivity contribution < 1.29 is 80.5 Å². The zero-order valence-corrected chi connectivity index (χ0v) is 39.9. The first-order valence-corrected chi connectivity index (χ1v) is 26.7. The smallest absolute Gasteiger partial charge is 0.386 e. The average molecular weight is 1020 g/mol. The summed E-state index contributed by atoms with van der Waals surface area (Å²) in [4.78, 5) is 92.9. The summed E-state index contributed by atoms with van der Waals surface area (Å²) in [5.74, 6) is -0.505. The number of phosphoric acid groups is 3. The van der Waals surface area contributed by atoms with Crippen molar-refractivity contribution in [2.45, 2.75) is 94.7 Å². The first-order valence-electron chi connectivity index (χ1n) is 21.1. The summed E-state index contributed by atoms with van der Waals surface area (Å²) in [6, 6.07) is 8.08. The van der Waals surface area contributed by atoms with Gasteiger partial charge in [-0.3, -0.25) is 32.5 Å². The highest BCUT2D eigenvalue weighted by atomic mass is 32.2. The number of thioether (sulfide) groups is 1. The largest absolute Gasteiger partial charge is 0.481 e. The maximum absolute atomic E-state index is 13.1. The maximum Gasteiger partial charge on any atom is 0.481 e. The summed E-state index contributed by atoms with van der Waals surface area (Å²) in [6.07, 6.45) is 0.00543. The number of amides is 2. The third kappa shape index (κ3) is 14.2. The third-order valence-corrected chi connectivity index (χ3v) is 15.8. The van der Waals surface area contributed by atoms with E-state index >= 15 is 0 Å². The monoisotopic (exact) mass is 1020 g/mol. The topological polar surface area (TPSA) is 379 Å². The van der Waals surface area contributed by atoms with Crippen molar-refractivity contribution in [3.63, 3.8) is 0 Å². The number of carbonyl (C=O) groups excluding carboxylic acids is 3. The van der Waals surface area contributed by atoms with E-state index in [9.17, 15) is 57.9 Å². The minimum atomic E-state index is -5.58. The van der Waals surface area contributed by atoms with Crippen molar-refractivity contribution in [2.75, 3.05) is 37.8 Å². The van der Waals surface area contributed by atoms with Crippen LogP contribution in [0.2, 0.25) is 0 Å². The predicted octanol–water partition coefficient (Wildman–Crippen LogP) is 2.38. The van der Waals surface area contributed by atoms with E-state index in [0.29, 0.717) is 18.7 Å². The Morgan fingerprint density at radius 2 is 1.78 bits per heavy atom. The fourth-order valence-corrected chi connectivity index (χ4v) is 12.0. The van der Waals surface area contributed by atoms with Crippen LogP contribution in [0.4, 0.5) is 5.82 Å². The number of nitrogens with zero attached hydrogens (tertiary/aromatic N) is 4. The van der Waals surface area contributed by atoms with Crippen LogP contribution in [0.25, 0.3) is 22.1 Å². The Balaban J connectivity index is 0.880. The number of aromatic amines is 1. The van der Waals surface area contributed by atoms with Gasteiger partial charge in [0.15, 0.2) is 17.7 Å². The van der Waals surface area contributed by atoms with Gasteiger partial charge in [0, 0.05) is 65.4 Å². The number of ketones is 1. The second-order valence-corrected chi connectivity index (χ2v) is 22.3. The SMILES string of the molecule is CC(C)(COP(=O)(O)OP(=O)(O)OC[C@H]1O[C@@H](n2cnc3c(N)ncnc32)[C@H](O)[C@@H]1OP(=O)(O)O)[C@@H](O)C(=O)NCCC(=O)NCCSC1CCCC1C(=O)CCCc1c[nH]c2ccccc12. The van der Waals surface area contributed by atoms with Crippen LogP contribution in [0.15, 0.2) is 43.1 Å². The van der Waals surface area contributed by atoms with Gasteiger partial charge < -0.3 is 55.9 Å². The van der Waals surface area contributed by atoms with Crippen molar-refractivity contribution in [1.82, 2.24) is 35.1 Å². The lowest BCUT2D eigenvalue weighted by atomic mass is 9.87. The van der Waals surface area contributed by atoms with Gasteiger partial charge in [0.05, 0.1) is 19.5 Å². The molecule has 1 aliphatic carbocycles. The molecule has 1 saturated heterocycles. The van der Waals surface area contributed by atoms with Crippen LogP contribution in [-0.4, -0.2) is 134 Å². The minimum absolute atomic E-state index is 0.0133. The van der Waals surface area contributed by atoms with Crippen molar-refractivity contribution in [2.24, 2.45) is 11.3 Å². The van der Waals surface area contributed by atoms with Gasteiger partial charge in [-0.2, -0.15) is 16.1 Å². The van der Waals surface area contributed by atoms with Gasteiger partial charge in [0.25, 0.3) is 0 Å². The summed E-state index contributed by atoms with van der Waals surface area (Å²) in [5, 5.41) is 28.2. The first kappa shape index (κ1) is 52.7. The lowest BCUT2D eigenvalue weighted by Gasteiger charge is -2.30. The normalized spacial score (nSPS) is 23.5. The third-order valence-electron chi connectivity index (χ3n) is 11.2. The molecule has 29 heteroatoms. The second kappa shape index (κ2) is 22.4. The van der Waals surface area contributed by atoms with Crippen LogP contribution < -0.4 is 16.4 Å². The number of anilines is 1. The molecule has 67 heavy (non-hydrogen) atoms. The first-order chi connectivity index (χ1) is 31.5. The zero-order chi connectivity index (χ0) is 48.7. The lowest BCUT2D eigenvalue weighted by Crippen LogP contribution is -2.46. The number of fused-ring (bicyclic) bond motifs is 2. The Hall–Kier alpha value is -3.68. The molecular formula is C38H55N8O17P3S. The molecule has 9 atom stereocenters. The molecule has 11 N–H and O–H groups in total. The summed E-state index contributed by atoms with van der Waals surface area (Å²) in [7, 11) is -16.4. The Bertz CT molecular complexity index is 2520. The molecule has 6 rings (SSSR count). The molecule has 4 aromatic rings. The number of phosphoric ester groups is 3. The number of nitrogen functional groups attached to an aromatic ring is 1. The highest BCUT2D eigenvalue weighted by Gasteiger charge is 2.50. The number of hydrogen-bond donors (Lipinski definition) is 10. The van der Waals surface area contributed by atoms with Crippen molar-refractivity contribution >= 4 is 80.7 Å². The van der Waals surface area contributed by atoms with Gasteiger partial charge in [0.1, 0.15) is 42.0 Å². The van der Waals surface area contributed by atoms with E-state index in [1.165, 1.54) is 24.8 Å². The fraction of sp³-hybridized carbons (Fsp3) is 0.579. The number of aryl methyl sites for hydroxylation is 1. The van der Waals surface area contributed by atoms with Gasteiger partial charge in [-0.1, -0.05) is 38.5 Å². The van der Waals surface area contributed by atoms with Crippen molar-refractivity contribution in [3.05, 3.63) is 48.7 Å². The van der Waals surface area contributed by atoms with E-state index in [2.05, 4.69) is 45.5 Å². The molecule has 0 radical (unpaired) electrons. The predicted molar refractivity (Wildman–Crippen MR) is 239 cm³/mol. The fourth-order valence-electron chi connectivity index (χ4n) is 7.81. The van der Waals surface area contributed by atoms with Crippen molar-refractivity contribution in [3.8, 4) is 0 Å². The number of aromatic nitrogens is 5. The quantitative estimate of drug-likeness (QED) is 0.0336. The highest BCUT2D eigenvalue weighted by Crippen LogP contribution is 2.61. The number of para-hydroxylation sites is 1. The van der Waals surface area contributed by atoms with E-state index < -0.39 is 78.6 Å². The Morgan fingerprint density at radius 3 is 2.54 bits per heavy atom. The average Bonchev–Trinajstić information content (AvgIpc) is 4.07. The molecular weight excluding hydrogens is 965 g/mol.